The van der Waals surface area contributed by atoms with Crippen molar-refractivity contribution in [3.8, 4) is 11.5 Å². The second-order valence-corrected chi connectivity index (χ2v) is 9.24. The summed E-state index contributed by atoms with van der Waals surface area (Å²) in [6.07, 6.45) is 1.18. The van der Waals surface area contributed by atoms with E-state index in [0.717, 1.165) is 18.4 Å². The van der Waals surface area contributed by atoms with Crippen molar-refractivity contribution < 1.29 is 22.7 Å². The molecule has 162 valence electrons. The molecule has 0 saturated carbocycles. The zero-order valence-corrected chi connectivity index (χ0v) is 18.2. The summed E-state index contributed by atoms with van der Waals surface area (Å²) in [6.45, 7) is 5.38. The Hall–Kier alpha value is -2.58. The second kappa shape index (κ2) is 9.95. The van der Waals surface area contributed by atoms with E-state index in [0.29, 0.717) is 31.1 Å². The first-order valence-electron chi connectivity index (χ1n) is 10.1. The number of aryl methyl sites for hydroxylation is 1. The standard InChI is InChI=1S/C22H28N2O5S/c1-17-6-5-7-20(16-17)29-18(2)22(25)23-12-15-28-19-8-10-21(11-9-19)30(26,27)24-13-3-4-14-24/h5-11,16,18H,3-4,12-15H2,1-2H3,(H,23,25)/t18-/m1/s1. The number of nitrogens with zero attached hydrogens (tertiary/aromatic N) is 1. The average molecular weight is 433 g/mol. The SMILES string of the molecule is Cc1cccc(O[C@H](C)C(=O)NCCOc2ccc(S(=O)(=O)N3CCCC3)cc2)c1. The molecule has 3 rings (SSSR count). The lowest BCUT2D eigenvalue weighted by atomic mass is 10.2. The van der Waals surface area contributed by atoms with Crippen LogP contribution in [0.2, 0.25) is 0 Å². The van der Waals surface area contributed by atoms with E-state index in [4.69, 9.17) is 9.47 Å². The van der Waals surface area contributed by atoms with Crippen molar-refractivity contribution in [2.24, 2.45) is 0 Å². The van der Waals surface area contributed by atoms with Crippen LogP contribution in [0.4, 0.5) is 0 Å². The van der Waals surface area contributed by atoms with Crippen LogP contribution in [0.5, 0.6) is 11.5 Å². The number of nitrogens with one attached hydrogen (secondary N) is 1. The predicted molar refractivity (Wildman–Crippen MR) is 114 cm³/mol. The number of hydrogen-bond donors (Lipinski definition) is 1. The molecule has 0 spiro atoms. The van der Waals surface area contributed by atoms with Crippen LogP contribution < -0.4 is 14.8 Å². The zero-order chi connectivity index (χ0) is 21.6. The third-order valence-electron chi connectivity index (χ3n) is 4.87. The Morgan fingerprint density at radius 3 is 2.47 bits per heavy atom. The lowest BCUT2D eigenvalue weighted by Gasteiger charge is -2.16. The fourth-order valence-corrected chi connectivity index (χ4v) is 4.74. The third kappa shape index (κ3) is 5.73. The molecule has 0 bridgehead atoms. The molecule has 0 aromatic heterocycles. The van der Waals surface area contributed by atoms with Crippen LogP contribution in [0, 0.1) is 6.92 Å². The molecule has 1 aliphatic heterocycles. The van der Waals surface area contributed by atoms with E-state index in [2.05, 4.69) is 5.32 Å². The highest BCUT2D eigenvalue weighted by Gasteiger charge is 2.26. The second-order valence-electron chi connectivity index (χ2n) is 7.30. The molecule has 2 aromatic carbocycles. The van der Waals surface area contributed by atoms with Crippen LogP contribution in [0.3, 0.4) is 0 Å². The number of benzene rings is 2. The fourth-order valence-electron chi connectivity index (χ4n) is 3.22. The molecule has 1 heterocycles. The molecule has 8 heteroatoms. The first-order valence-corrected chi connectivity index (χ1v) is 11.5. The number of carbonyl (C=O) groups excluding carboxylic acids is 1. The van der Waals surface area contributed by atoms with E-state index in [1.54, 1.807) is 31.2 Å². The van der Waals surface area contributed by atoms with Gasteiger partial charge >= 0.3 is 0 Å². The summed E-state index contributed by atoms with van der Waals surface area (Å²) < 4.78 is 37.8. The van der Waals surface area contributed by atoms with E-state index in [-0.39, 0.29) is 17.4 Å². The summed E-state index contributed by atoms with van der Waals surface area (Å²) in [7, 11) is -3.42. The molecule has 0 unspecified atom stereocenters. The summed E-state index contributed by atoms with van der Waals surface area (Å²) in [4.78, 5) is 12.4. The monoisotopic (exact) mass is 432 g/mol. The van der Waals surface area contributed by atoms with Crippen LogP contribution in [-0.4, -0.2) is 51.0 Å². The largest absolute Gasteiger partial charge is 0.492 e. The third-order valence-corrected chi connectivity index (χ3v) is 6.78. The minimum Gasteiger partial charge on any atom is -0.492 e. The summed E-state index contributed by atoms with van der Waals surface area (Å²) in [6, 6.07) is 13.9. The molecule has 0 aliphatic carbocycles. The number of ether oxygens (including phenoxy) is 2. The van der Waals surface area contributed by atoms with Gasteiger partial charge < -0.3 is 14.8 Å². The maximum absolute atomic E-state index is 12.5. The molecule has 7 nitrogen and oxygen atoms in total. The van der Waals surface area contributed by atoms with E-state index in [9.17, 15) is 13.2 Å². The smallest absolute Gasteiger partial charge is 0.260 e. The quantitative estimate of drug-likeness (QED) is 0.616. The average Bonchev–Trinajstić information content (AvgIpc) is 3.27. The highest BCUT2D eigenvalue weighted by Crippen LogP contribution is 2.22. The van der Waals surface area contributed by atoms with Gasteiger partial charge in [-0.05, 0) is 68.7 Å². The van der Waals surface area contributed by atoms with Crippen LogP contribution in [0.15, 0.2) is 53.4 Å². The number of rotatable bonds is 9. The molecular weight excluding hydrogens is 404 g/mol. The highest BCUT2D eigenvalue weighted by atomic mass is 32.2. The Balaban J connectivity index is 1.42. The van der Waals surface area contributed by atoms with Gasteiger partial charge in [0.1, 0.15) is 18.1 Å². The van der Waals surface area contributed by atoms with Gasteiger partial charge in [-0.1, -0.05) is 12.1 Å². The van der Waals surface area contributed by atoms with Gasteiger partial charge in [-0.2, -0.15) is 4.31 Å². The van der Waals surface area contributed by atoms with E-state index in [1.807, 2.05) is 31.2 Å². The summed E-state index contributed by atoms with van der Waals surface area (Å²) >= 11 is 0. The summed E-state index contributed by atoms with van der Waals surface area (Å²) in [5.41, 5.74) is 1.06. The van der Waals surface area contributed by atoms with Crippen molar-refractivity contribution in [2.45, 2.75) is 37.7 Å². The molecule has 0 radical (unpaired) electrons. The number of hydrogen-bond acceptors (Lipinski definition) is 5. The summed E-state index contributed by atoms with van der Waals surface area (Å²) in [5, 5.41) is 2.77. The van der Waals surface area contributed by atoms with Gasteiger partial charge in [-0.3, -0.25) is 4.79 Å². The molecule has 30 heavy (non-hydrogen) atoms. The van der Waals surface area contributed by atoms with Crippen molar-refractivity contribution in [1.29, 1.82) is 0 Å². The van der Waals surface area contributed by atoms with Crippen molar-refractivity contribution in [2.75, 3.05) is 26.2 Å². The minimum atomic E-state index is -3.42. The van der Waals surface area contributed by atoms with Gasteiger partial charge in [-0.15, -0.1) is 0 Å². The van der Waals surface area contributed by atoms with Gasteiger partial charge in [0.2, 0.25) is 10.0 Å². The van der Waals surface area contributed by atoms with Gasteiger partial charge in [0.05, 0.1) is 11.4 Å². The predicted octanol–water partition coefficient (Wildman–Crippen LogP) is 2.74. The molecule has 1 aliphatic rings. The maximum atomic E-state index is 12.5. The van der Waals surface area contributed by atoms with Gasteiger partial charge in [-0.25, -0.2) is 8.42 Å². The Morgan fingerprint density at radius 2 is 1.80 bits per heavy atom. The highest BCUT2D eigenvalue weighted by molar-refractivity contribution is 7.89. The maximum Gasteiger partial charge on any atom is 0.260 e. The number of amides is 1. The van der Waals surface area contributed by atoms with Crippen LogP contribution in [0.25, 0.3) is 0 Å². The topological polar surface area (TPSA) is 84.9 Å². The van der Waals surface area contributed by atoms with Crippen molar-refractivity contribution in [1.82, 2.24) is 9.62 Å². The first kappa shape index (κ1) is 22.1. The van der Waals surface area contributed by atoms with Gasteiger partial charge in [0.25, 0.3) is 5.91 Å². The van der Waals surface area contributed by atoms with E-state index in [1.165, 1.54) is 4.31 Å². The minimum absolute atomic E-state index is 0.229. The van der Waals surface area contributed by atoms with Gasteiger partial charge in [0, 0.05) is 13.1 Å². The van der Waals surface area contributed by atoms with Crippen molar-refractivity contribution in [3.63, 3.8) is 0 Å². The Kier molecular flexibility index (Phi) is 7.33. The van der Waals surface area contributed by atoms with Crippen LogP contribution in [-0.2, 0) is 14.8 Å². The lowest BCUT2D eigenvalue weighted by molar-refractivity contribution is -0.127. The van der Waals surface area contributed by atoms with Crippen molar-refractivity contribution in [3.05, 3.63) is 54.1 Å². The van der Waals surface area contributed by atoms with E-state index >= 15 is 0 Å². The fraction of sp³-hybridized carbons (Fsp3) is 0.409. The molecule has 1 amide bonds. The molecule has 1 N–H and O–H groups in total. The Morgan fingerprint density at radius 1 is 1.10 bits per heavy atom. The molecule has 2 aromatic rings. The molecule has 1 fully saturated rings. The lowest BCUT2D eigenvalue weighted by Crippen LogP contribution is -2.38. The number of sulfonamides is 1. The molecular formula is C22H28N2O5S. The normalized spacial score (nSPS) is 15.5. The number of carbonyl (C=O) groups is 1. The Bertz CT molecular complexity index is 954. The Labute approximate surface area is 178 Å². The summed E-state index contributed by atoms with van der Waals surface area (Å²) in [5.74, 6) is 0.971. The molecule has 1 atom stereocenters. The molecule has 1 saturated heterocycles. The van der Waals surface area contributed by atoms with Crippen molar-refractivity contribution >= 4 is 15.9 Å². The van der Waals surface area contributed by atoms with Gasteiger partial charge in [0.15, 0.2) is 6.10 Å². The van der Waals surface area contributed by atoms with E-state index < -0.39 is 16.1 Å². The first-order chi connectivity index (χ1) is 14.4. The zero-order valence-electron chi connectivity index (χ0n) is 17.3. The van der Waals surface area contributed by atoms with Crippen LogP contribution >= 0.6 is 0 Å². The van der Waals surface area contributed by atoms with Crippen LogP contribution in [0.1, 0.15) is 25.3 Å².